The average Bonchev–Trinajstić information content (AvgIpc) is 3.28. The van der Waals surface area contributed by atoms with Crippen LogP contribution in [-0.4, -0.2) is 26.2 Å². The van der Waals surface area contributed by atoms with E-state index in [4.69, 9.17) is 0 Å². The fraction of sp³-hybridized carbons (Fsp3) is 0.636. The van der Waals surface area contributed by atoms with Gasteiger partial charge in [-0.1, -0.05) is 91.2 Å². The summed E-state index contributed by atoms with van der Waals surface area (Å²) in [4.78, 5) is 2.64. The van der Waals surface area contributed by atoms with E-state index in [1.807, 2.05) is 0 Å². The predicted octanol–water partition coefficient (Wildman–Crippen LogP) is 8.64. The Labute approximate surface area is 228 Å². The van der Waals surface area contributed by atoms with Crippen molar-refractivity contribution in [2.75, 3.05) is 36.2 Å². The number of nitrogens with one attached hydrogen (secondary N) is 2. The largest absolute Gasteiger partial charge is 0.372 e. The van der Waals surface area contributed by atoms with E-state index in [-0.39, 0.29) is 0 Å². The summed E-state index contributed by atoms with van der Waals surface area (Å²) >= 11 is 0. The molecule has 0 aliphatic heterocycles. The minimum atomic E-state index is 1.00. The molecule has 0 unspecified atom stereocenters. The maximum absolute atomic E-state index is 3.65. The van der Waals surface area contributed by atoms with Gasteiger partial charge in [0.2, 0.25) is 0 Å². The molecule has 0 fully saturated rings. The van der Waals surface area contributed by atoms with E-state index < -0.39 is 0 Å². The molecule has 0 atom stereocenters. The number of nitrogens with zero attached hydrogens (tertiary/aromatic N) is 2. The minimum absolute atomic E-state index is 1.00. The number of unbranched alkanes of at least 4 members (excludes halogenated alkanes) is 8. The maximum atomic E-state index is 3.65. The lowest BCUT2D eigenvalue weighted by Crippen LogP contribution is -2.49. The van der Waals surface area contributed by atoms with E-state index in [0.29, 0.717) is 0 Å². The molecule has 0 aromatic heterocycles. The third-order valence-corrected chi connectivity index (χ3v) is 7.64. The molecular formula is C33H54N4. The van der Waals surface area contributed by atoms with Gasteiger partial charge in [-0.3, -0.25) is 0 Å². The van der Waals surface area contributed by atoms with E-state index in [1.54, 1.807) is 0 Å². The highest BCUT2D eigenvalue weighted by molar-refractivity contribution is 5.80. The number of benzene rings is 2. The van der Waals surface area contributed by atoms with Gasteiger partial charge in [-0.25, -0.2) is 16.0 Å². The molecule has 3 rings (SSSR count). The Morgan fingerprint density at radius 1 is 0.568 bits per heavy atom. The van der Waals surface area contributed by atoms with E-state index in [2.05, 4.69) is 85.0 Å². The standard InChI is InChI=1S/C33H54N4/c1-5-9-13-21-34-37(35-22-14-10-6-2)31-18-20-33-29(27-31)25-28-26-30(17-19-32(28)33)36(23-15-11-7-3)24-16-12-8-4/h17-20,26-27,34-35H,5-16,21-25H2,1-4H3. The molecule has 2 N–H and O–H groups in total. The lowest BCUT2D eigenvalue weighted by atomic mass is 10.0. The highest BCUT2D eigenvalue weighted by atomic mass is 15.7. The Kier molecular flexibility index (Phi) is 13.3. The summed E-state index contributed by atoms with van der Waals surface area (Å²) in [6.07, 6.45) is 16.3. The first-order chi connectivity index (χ1) is 18.2. The molecule has 0 amide bonds. The topological polar surface area (TPSA) is 30.5 Å². The molecule has 0 bridgehead atoms. The van der Waals surface area contributed by atoms with Crippen LogP contribution in [-0.2, 0) is 6.42 Å². The van der Waals surface area contributed by atoms with Crippen LogP contribution in [0.5, 0.6) is 0 Å². The van der Waals surface area contributed by atoms with Crippen LogP contribution in [0.3, 0.4) is 0 Å². The SMILES string of the molecule is CCCCCNN(NCCCCC)c1ccc2c(c1)Cc1cc(N(CCCCC)CCCCC)ccc1-2. The van der Waals surface area contributed by atoms with Gasteiger partial charge in [0, 0.05) is 31.9 Å². The molecule has 0 saturated heterocycles. The molecule has 37 heavy (non-hydrogen) atoms. The second-order valence-electron chi connectivity index (χ2n) is 10.8. The van der Waals surface area contributed by atoms with Crippen molar-refractivity contribution in [3.63, 3.8) is 0 Å². The normalized spacial score (nSPS) is 12.0. The summed E-state index contributed by atoms with van der Waals surface area (Å²) in [6.45, 7) is 13.5. The van der Waals surface area contributed by atoms with Crippen molar-refractivity contribution >= 4 is 11.4 Å². The van der Waals surface area contributed by atoms with Crippen molar-refractivity contribution in [2.45, 2.75) is 111 Å². The number of anilines is 2. The van der Waals surface area contributed by atoms with Gasteiger partial charge in [0.05, 0.1) is 5.69 Å². The molecule has 2 aromatic carbocycles. The van der Waals surface area contributed by atoms with Crippen molar-refractivity contribution in [1.29, 1.82) is 0 Å². The molecule has 0 heterocycles. The summed E-state index contributed by atoms with van der Waals surface area (Å²) in [7, 11) is 0. The van der Waals surface area contributed by atoms with Crippen LogP contribution in [0.15, 0.2) is 36.4 Å². The number of hydrazine groups is 2. The molecule has 0 saturated carbocycles. The van der Waals surface area contributed by atoms with Crippen LogP contribution < -0.4 is 20.9 Å². The van der Waals surface area contributed by atoms with Gasteiger partial charge in [0.1, 0.15) is 0 Å². The molecular weight excluding hydrogens is 452 g/mol. The number of rotatable bonds is 20. The quantitative estimate of drug-likeness (QED) is 0.119. The zero-order chi connectivity index (χ0) is 26.3. The monoisotopic (exact) mass is 506 g/mol. The fourth-order valence-corrected chi connectivity index (χ4v) is 5.36. The third-order valence-electron chi connectivity index (χ3n) is 7.64. The van der Waals surface area contributed by atoms with Crippen LogP contribution in [0.25, 0.3) is 11.1 Å². The highest BCUT2D eigenvalue weighted by Crippen LogP contribution is 2.40. The van der Waals surface area contributed by atoms with Crippen molar-refractivity contribution in [3.05, 3.63) is 47.5 Å². The van der Waals surface area contributed by atoms with Crippen LogP contribution >= 0.6 is 0 Å². The molecule has 1 aliphatic carbocycles. The average molecular weight is 507 g/mol. The van der Waals surface area contributed by atoms with Gasteiger partial charge in [0.25, 0.3) is 0 Å². The molecule has 2 aromatic rings. The lowest BCUT2D eigenvalue weighted by Gasteiger charge is -2.27. The molecule has 1 aliphatic rings. The molecule has 4 heteroatoms. The van der Waals surface area contributed by atoms with Crippen molar-refractivity contribution in [3.8, 4) is 11.1 Å². The first-order valence-electron chi connectivity index (χ1n) is 15.5. The van der Waals surface area contributed by atoms with Crippen LogP contribution in [0.1, 0.15) is 116 Å². The Hall–Kier alpha value is -2.04. The highest BCUT2D eigenvalue weighted by Gasteiger charge is 2.21. The molecule has 0 spiro atoms. The Morgan fingerprint density at radius 2 is 1.03 bits per heavy atom. The van der Waals surface area contributed by atoms with Gasteiger partial charge in [-0.2, -0.15) is 0 Å². The molecule has 0 radical (unpaired) electrons. The lowest BCUT2D eigenvalue weighted by molar-refractivity contribution is 0.494. The maximum Gasteiger partial charge on any atom is 0.0705 e. The Morgan fingerprint density at radius 3 is 1.54 bits per heavy atom. The van der Waals surface area contributed by atoms with Gasteiger partial charge in [-0.05, 0) is 78.6 Å². The van der Waals surface area contributed by atoms with E-state index >= 15 is 0 Å². The summed E-state index contributed by atoms with van der Waals surface area (Å²) in [5, 5.41) is 2.18. The zero-order valence-corrected chi connectivity index (χ0v) is 24.4. The first-order valence-corrected chi connectivity index (χ1v) is 15.5. The molecule has 4 nitrogen and oxygen atoms in total. The van der Waals surface area contributed by atoms with Crippen LogP contribution in [0, 0.1) is 0 Å². The fourth-order valence-electron chi connectivity index (χ4n) is 5.36. The van der Waals surface area contributed by atoms with Gasteiger partial charge in [0.15, 0.2) is 0 Å². The smallest absolute Gasteiger partial charge is 0.0705 e. The number of fused-ring (bicyclic) bond motifs is 3. The van der Waals surface area contributed by atoms with Gasteiger partial charge >= 0.3 is 0 Å². The zero-order valence-electron chi connectivity index (χ0n) is 24.4. The second kappa shape index (κ2) is 16.7. The summed E-state index contributed by atoms with van der Waals surface area (Å²) in [6, 6.07) is 14.3. The summed E-state index contributed by atoms with van der Waals surface area (Å²) in [5.41, 5.74) is 15.7. The Bertz CT molecular complexity index is 887. The van der Waals surface area contributed by atoms with Crippen LogP contribution in [0.4, 0.5) is 11.4 Å². The van der Waals surface area contributed by atoms with Crippen molar-refractivity contribution in [2.24, 2.45) is 0 Å². The van der Waals surface area contributed by atoms with Crippen molar-refractivity contribution < 1.29 is 0 Å². The minimum Gasteiger partial charge on any atom is -0.372 e. The van der Waals surface area contributed by atoms with E-state index in [0.717, 1.165) is 19.5 Å². The summed E-state index contributed by atoms with van der Waals surface area (Å²) in [5.74, 6) is 0. The Balaban J connectivity index is 1.73. The third kappa shape index (κ3) is 9.04. The molecule has 206 valence electrons. The van der Waals surface area contributed by atoms with Gasteiger partial charge < -0.3 is 4.90 Å². The van der Waals surface area contributed by atoms with E-state index in [1.165, 1.54) is 124 Å². The van der Waals surface area contributed by atoms with Gasteiger partial charge in [-0.15, -0.1) is 0 Å². The van der Waals surface area contributed by atoms with Crippen molar-refractivity contribution in [1.82, 2.24) is 10.9 Å². The van der Waals surface area contributed by atoms with Crippen LogP contribution in [0.2, 0.25) is 0 Å². The number of hydrogen-bond acceptors (Lipinski definition) is 4. The van der Waals surface area contributed by atoms with E-state index in [9.17, 15) is 0 Å². The second-order valence-corrected chi connectivity index (χ2v) is 10.8. The first kappa shape index (κ1) is 29.5. The summed E-state index contributed by atoms with van der Waals surface area (Å²) < 4.78 is 0. The number of hydrogen-bond donors (Lipinski definition) is 2. The predicted molar refractivity (Wildman–Crippen MR) is 163 cm³/mol.